The van der Waals surface area contributed by atoms with E-state index in [1.807, 2.05) is 0 Å². The van der Waals surface area contributed by atoms with Gasteiger partial charge in [0.1, 0.15) is 5.76 Å². The molecule has 1 atom stereocenters. The molecule has 0 aliphatic rings. The van der Waals surface area contributed by atoms with Gasteiger partial charge in [-0.1, -0.05) is 0 Å². The van der Waals surface area contributed by atoms with Crippen LogP contribution >= 0.6 is 0 Å². The molecular formula is C8H11NO4. The first-order valence-electron chi connectivity index (χ1n) is 4.00. The Morgan fingerprint density at radius 1 is 1.69 bits per heavy atom. The monoisotopic (exact) mass is 185 g/mol. The van der Waals surface area contributed by atoms with Crippen molar-refractivity contribution in [3.05, 3.63) is 34.3 Å². The molecule has 72 valence electrons. The molecule has 0 radical (unpaired) electrons. The summed E-state index contributed by atoms with van der Waals surface area (Å²) in [6.07, 6.45) is 1.83. The molecule has 0 unspecified atom stereocenters. The predicted octanol–water partition coefficient (Wildman–Crippen LogP) is 1.02. The molecule has 0 aliphatic carbocycles. The van der Waals surface area contributed by atoms with Crippen molar-refractivity contribution in [2.24, 2.45) is 0 Å². The van der Waals surface area contributed by atoms with E-state index in [-0.39, 0.29) is 19.1 Å². The van der Waals surface area contributed by atoms with Crippen LogP contribution in [0.4, 0.5) is 0 Å². The Hall–Kier alpha value is -1.36. The number of rotatable bonds is 5. The molecule has 1 rings (SSSR count). The van der Waals surface area contributed by atoms with E-state index in [1.54, 1.807) is 12.1 Å². The number of nitro groups is 1. The van der Waals surface area contributed by atoms with Gasteiger partial charge in [-0.2, -0.15) is 0 Å². The first-order chi connectivity index (χ1) is 6.24. The molecule has 0 amide bonds. The SMILES string of the molecule is O=[N+]([O-])C[C@@H](CCO)c1ccco1. The molecule has 1 aromatic rings. The smallest absolute Gasteiger partial charge is 0.213 e. The molecule has 1 N–H and O–H groups in total. The Bertz CT molecular complexity index is 257. The zero-order valence-electron chi connectivity index (χ0n) is 7.05. The molecule has 13 heavy (non-hydrogen) atoms. The molecular weight excluding hydrogens is 174 g/mol. The lowest BCUT2D eigenvalue weighted by atomic mass is 10.0. The average Bonchev–Trinajstić information content (AvgIpc) is 2.54. The maximum Gasteiger partial charge on any atom is 0.213 e. The van der Waals surface area contributed by atoms with Crippen molar-refractivity contribution in [2.45, 2.75) is 12.3 Å². The van der Waals surface area contributed by atoms with Gasteiger partial charge in [0.2, 0.25) is 6.54 Å². The van der Waals surface area contributed by atoms with Gasteiger partial charge in [0, 0.05) is 11.5 Å². The number of nitrogens with zero attached hydrogens (tertiary/aromatic N) is 1. The van der Waals surface area contributed by atoms with Gasteiger partial charge in [-0.15, -0.1) is 0 Å². The summed E-state index contributed by atoms with van der Waals surface area (Å²) in [5, 5.41) is 18.9. The molecule has 0 saturated carbocycles. The third-order valence-electron chi connectivity index (χ3n) is 1.79. The van der Waals surface area contributed by atoms with E-state index in [0.717, 1.165) is 0 Å². The molecule has 0 aromatic carbocycles. The molecule has 1 heterocycles. The zero-order chi connectivity index (χ0) is 9.68. The minimum Gasteiger partial charge on any atom is -0.469 e. The predicted molar refractivity (Wildman–Crippen MR) is 45.0 cm³/mol. The van der Waals surface area contributed by atoms with Gasteiger partial charge in [-0.25, -0.2) is 0 Å². The fourth-order valence-electron chi connectivity index (χ4n) is 1.18. The largest absolute Gasteiger partial charge is 0.469 e. The van der Waals surface area contributed by atoms with E-state index in [0.29, 0.717) is 12.2 Å². The van der Waals surface area contributed by atoms with Crippen LogP contribution < -0.4 is 0 Å². The summed E-state index contributed by atoms with van der Waals surface area (Å²) in [6.45, 7) is -0.271. The lowest BCUT2D eigenvalue weighted by Gasteiger charge is -2.06. The third-order valence-corrected chi connectivity index (χ3v) is 1.79. The van der Waals surface area contributed by atoms with Gasteiger partial charge < -0.3 is 9.52 Å². The summed E-state index contributed by atoms with van der Waals surface area (Å²) >= 11 is 0. The lowest BCUT2D eigenvalue weighted by molar-refractivity contribution is -0.484. The lowest BCUT2D eigenvalue weighted by Crippen LogP contribution is -2.13. The fraction of sp³-hybridized carbons (Fsp3) is 0.500. The molecule has 0 bridgehead atoms. The summed E-state index contributed by atoms with van der Waals surface area (Å²) in [7, 11) is 0. The van der Waals surface area contributed by atoms with Crippen molar-refractivity contribution in [1.29, 1.82) is 0 Å². The van der Waals surface area contributed by atoms with E-state index >= 15 is 0 Å². The Kier molecular flexibility index (Phi) is 3.45. The first kappa shape index (κ1) is 9.73. The van der Waals surface area contributed by atoms with Crippen LogP contribution in [0.15, 0.2) is 22.8 Å². The third kappa shape index (κ3) is 2.87. The minimum atomic E-state index is -0.400. The van der Waals surface area contributed by atoms with Crippen molar-refractivity contribution < 1.29 is 14.4 Å². The Labute approximate surface area is 75.1 Å². The van der Waals surface area contributed by atoms with Crippen molar-refractivity contribution in [2.75, 3.05) is 13.2 Å². The number of hydrogen-bond donors (Lipinski definition) is 1. The Morgan fingerprint density at radius 3 is 2.92 bits per heavy atom. The second-order valence-corrected chi connectivity index (χ2v) is 2.74. The molecule has 0 fully saturated rings. The highest BCUT2D eigenvalue weighted by molar-refractivity contribution is 5.05. The highest BCUT2D eigenvalue weighted by atomic mass is 16.6. The average molecular weight is 185 g/mol. The Balaban J connectivity index is 2.62. The summed E-state index contributed by atoms with van der Waals surface area (Å²) in [5.41, 5.74) is 0. The zero-order valence-corrected chi connectivity index (χ0v) is 7.05. The van der Waals surface area contributed by atoms with Crippen molar-refractivity contribution in [3.8, 4) is 0 Å². The summed E-state index contributed by atoms with van der Waals surface area (Å²) < 4.78 is 5.03. The van der Waals surface area contributed by atoms with Crippen molar-refractivity contribution in [1.82, 2.24) is 0 Å². The van der Waals surface area contributed by atoms with E-state index in [4.69, 9.17) is 9.52 Å². The van der Waals surface area contributed by atoms with Gasteiger partial charge in [-0.05, 0) is 18.6 Å². The molecule has 5 nitrogen and oxygen atoms in total. The quantitative estimate of drug-likeness (QED) is 0.548. The van der Waals surface area contributed by atoms with Crippen molar-refractivity contribution >= 4 is 0 Å². The second-order valence-electron chi connectivity index (χ2n) is 2.74. The molecule has 0 saturated heterocycles. The summed E-state index contributed by atoms with van der Waals surface area (Å²) in [5.74, 6) is 0.237. The Morgan fingerprint density at radius 2 is 2.46 bits per heavy atom. The normalized spacial score (nSPS) is 12.7. The second kappa shape index (κ2) is 4.61. The fourth-order valence-corrected chi connectivity index (χ4v) is 1.18. The summed E-state index contributed by atoms with van der Waals surface area (Å²) in [4.78, 5) is 9.86. The van der Waals surface area contributed by atoms with E-state index < -0.39 is 4.92 Å². The van der Waals surface area contributed by atoms with Gasteiger partial charge in [0.15, 0.2) is 0 Å². The van der Waals surface area contributed by atoms with Gasteiger partial charge in [-0.3, -0.25) is 10.1 Å². The number of hydrogen-bond acceptors (Lipinski definition) is 4. The van der Waals surface area contributed by atoms with Crippen LogP contribution in [-0.4, -0.2) is 23.2 Å². The van der Waals surface area contributed by atoms with Crippen LogP contribution in [0, 0.1) is 10.1 Å². The topological polar surface area (TPSA) is 76.5 Å². The van der Waals surface area contributed by atoms with Gasteiger partial charge in [0.05, 0.1) is 12.2 Å². The first-order valence-corrected chi connectivity index (χ1v) is 4.00. The maximum atomic E-state index is 10.3. The number of aliphatic hydroxyl groups is 1. The van der Waals surface area contributed by atoms with Crippen LogP contribution in [0.1, 0.15) is 18.1 Å². The van der Waals surface area contributed by atoms with Gasteiger partial charge >= 0.3 is 0 Å². The van der Waals surface area contributed by atoms with E-state index in [1.165, 1.54) is 6.26 Å². The highest BCUT2D eigenvalue weighted by Crippen LogP contribution is 2.19. The molecule has 5 heteroatoms. The highest BCUT2D eigenvalue weighted by Gasteiger charge is 2.19. The number of furan rings is 1. The molecule has 0 spiro atoms. The minimum absolute atomic E-state index is 0.0702. The maximum absolute atomic E-state index is 10.3. The van der Waals surface area contributed by atoms with E-state index in [9.17, 15) is 10.1 Å². The van der Waals surface area contributed by atoms with Crippen LogP contribution in [0.25, 0.3) is 0 Å². The standard InChI is InChI=1S/C8H11NO4/c10-4-3-7(6-9(11)12)8-2-1-5-13-8/h1-2,5,7,10H,3-4,6H2/t7-/m1/s1. The van der Waals surface area contributed by atoms with Crippen LogP contribution in [0.3, 0.4) is 0 Å². The van der Waals surface area contributed by atoms with Crippen LogP contribution in [0.5, 0.6) is 0 Å². The molecule has 1 aromatic heterocycles. The van der Waals surface area contributed by atoms with E-state index in [2.05, 4.69) is 0 Å². The number of aliphatic hydroxyl groups excluding tert-OH is 1. The van der Waals surface area contributed by atoms with Crippen LogP contribution in [0.2, 0.25) is 0 Å². The molecule has 0 aliphatic heterocycles. The van der Waals surface area contributed by atoms with Crippen LogP contribution in [-0.2, 0) is 0 Å². The van der Waals surface area contributed by atoms with Gasteiger partial charge in [0.25, 0.3) is 0 Å². The van der Waals surface area contributed by atoms with Crippen molar-refractivity contribution in [3.63, 3.8) is 0 Å². The summed E-state index contributed by atoms with van der Waals surface area (Å²) in [6, 6.07) is 3.36.